The van der Waals surface area contributed by atoms with Crippen molar-refractivity contribution in [2.45, 2.75) is 5.54 Å². The Morgan fingerprint density at radius 1 is 0.818 bits per heavy atom. The molecule has 1 heterocycles. The number of fused-ring (bicyclic) bond motifs is 1. The molecule has 0 amide bonds. The van der Waals surface area contributed by atoms with Crippen LogP contribution in [0.2, 0.25) is 0 Å². The lowest BCUT2D eigenvalue weighted by Crippen LogP contribution is -2.37. The highest BCUT2D eigenvalue weighted by molar-refractivity contribution is 6.52. The molecule has 4 aromatic rings. The molecule has 4 nitrogen and oxygen atoms in total. The summed E-state index contributed by atoms with van der Waals surface area (Å²) in [5.74, 6) is 0.509. The third-order valence-corrected chi connectivity index (χ3v) is 6.03. The number of rotatable bonds is 4. The lowest BCUT2D eigenvalue weighted by atomic mass is 9.72. The molecule has 0 N–H and O–H groups in total. The number of carbonyl (C=O) groups is 1. The Balaban J connectivity index is 1.89. The molecular formula is C29H20N2O2. The van der Waals surface area contributed by atoms with E-state index >= 15 is 0 Å². The van der Waals surface area contributed by atoms with Crippen LogP contribution < -0.4 is 4.74 Å². The third-order valence-electron chi connectivity index (χ3n) is 6.03. The zero-order valence-corrected chi connectivity index (χ0v) is 18.0. The van der Waals surface area contributed by atoms with E-state index in [1.807, 2.05) is 72.8 Å². The molecule has 0 aromatic heterocycles. The fourth-order valence-electron chi connectivity index (χ4n) is 4.42. The first kappa shape index (κ1) is 20.4. The molecule has 1 aliphatic rings. The fraction of sp³-hybridized carbons (Fsp3) is 0.0690. The Morgan fingerprint density at radius 3 is 1.97 bits per heavy atom. The zero-order valence-electron chi connectivity index (χ0n) is 18.0. The van der Waals surface area contributed by atoms with E-state index in [1.165, 1.54) is 0 Å². The Morgan fingerprint density at radius 2 is 1.42 bits per heavy atom. The van der Waals surface area contributed by atoms with E-state index in [1.54, 1.807) is 37.4 Å². The topological polar surface area (TPSA) is 62.4 Å². The number of ether oxygens (including phenoxy) is 1. The Kier molecular flexibility index (Phi) is 5.08. The number of hydrogen-bond acceptors (Lipinski definition) is 4. The fourth-order valence-corrected chi connectivity index (χ4v) is 4.42. The van der Waals surface area contributed by atoms with Crippen LogP contribution in [0.1, 0.15) is 38.2 Å². The number of methoxy groups -OCH3 is 1. The molecule has 4 heteroatoms. The second-order valence-electron chi connectivity index (χ2n) is 7.83. The molecular weight excluding hydrogens is 408 g/mol. The van der Waals surface area contributed by atoms with Crippen molar-refractivity contribution < 1.29 is 9.53 Å². The highest BCUT2D eigenvalue weighted by atomic mass is 16.5. The number of nitriles is 1. The van der Waals surface area contributed by atoms with Gasteiger partial charge in [0.05, 0.1) is 18.7 Å². The van der Waals surface area contributed by atoms with Gasteiger partial charge in [-0.1, -0.05) is 72.8 Å². The van der Waals surface area contributed by atoms with Crippen molar-refractivity contribution in [3.63, 3.8) is 0 Å². The molecule has 0 unspecified atom stereocenters. The van der Waals surface area contributed by atoms with Crippen molar-refractivity contribution in [3.8, 4) is 11.8 Å². The van der Waals surface area contributed by atoms with E-state index in [-0.39, 0.29) is 5.78 Å². The molecule has 0 atom stereocenters. The average molecular weight is 428 g/mol. The van der Waals surface area contributed by atoms with Crippen LogP contribution >= 0.6 is 0 Å². The van der Waals surface area contributed by atoms with E-state index in [0.29, 0.717) is 28.2 Å². The van der Waals surface area contributed by atoms with E-state index in [2.05, 4.69) is 6.07 Å². The minimum Gasteiger partial charge on any atom is -0.497 e. The zero-order chi connectivity index (χ0) is 22.8. The second kappa shape index (κ2) is 8.22. The lowest BCUT2D eigenvalue weighted by Gasteiger charge is -2.37. The number of Topliss-reactive ketones (excluding diaryl/α,β-unsaturated/α-hetero) is 1. The second-order valence-corrected chi connectivity index (χ2v) is 7.83. The summed E-state index contributed by atoms with van der Waals surface area (Å²) in [6, 6.07) is 34.6. The molecule has 0 spiro atoms. The molecule has 0 aliphatic carbocycles. The van der Waals surface area contributed by atoms with Gasteiger partial charge in [-0.15, -0.1) is 0 Å². The molecule has 0 bridgehead atoms. The standard InChI is InChI=1S/C29H20N2O2/c1-33-24-16-17-25-26(18-24)29(22-8-4-2-5-9-22,23-10-6-3-7-11-23)31-27(28(25)32)21-14-12-20(19-30)13-15-21/h2-18H,1H3. The van der Waals surface area contributed by atoms with Crippen LogP contribution in [-0.2, 0) is 5.54 Å². The van der Waals surface area contributed by atoms with E-state index in [9.17, 15) is 10.1 Å². The molecule has 158 valence electrons. The van der Waals surface area contributed by atoms with Gasteiger partial charge in [-0.2, -0.15) is 5.26 Å². The number of nitrogens with zero attached hydrogens (tertiary/aromatic N) is 2. The predicted molar refractivity (Wildman–Crippen MR) is 128 cm³/mol. The van der Waals surface area contributed by atoms with E-state index in [4.69, 9.17) is 9.73 Å². The maximum absolute atomic E-state index is 13.7. The maximum Gasteiger partial charge on any atom is 0.211 e. The minimum absolute atomic E-state index is 0.153. The van der Waals surface area contributed by atoms with Crippen LogP contribution in [0, 0.1) is 11.3 Å². The Hall–Kier alpha value is -4.49. The van der Waals surface area contributed by atoms with Crippen LogP contribution in [0.3, 0.4) is 0 Å². The van der Waals surface area contributed by atoms with Crippen molar-refractivity contribution in [2.75, 3.05) is 7.11 Å². The molecule has 0 saturated carbocycles. The lowest BCUT2D eigenvalue weighted by molar-refractivity contribution is 0.106. The van der Waals surface area contributed by atoms with Crippen LogP contribution in [0.4, 0.5) is 0 Å². The van der Waals surface area contributed by atoms with Gasteiger partial charge < -0.3 is 4.74 Å². The number of ketones is 1. The summed E-state index contributed by atoms with van der Waals surface area (Å²) in [6.45, 7) is 0. The molecule has 0 radical (unpaired) electrons. The van der Waals surface area contributed by atoms with E-state index < -0.39 is 5.54 Å². The van der Waals surface area contributed by atoms with Crippen molar-refractivity contribution in [1.82, 2.24) is 0 Å². The van der Waals surface area contributed by atoms with Crippen LogP contribution in [0.5, 0.6) is 5.75 Å². The number of benzene rings is 4. The summed E-state index contributed by atoms with van der Waals surface area (Å²) in [4.78, 5) is 18.9. The van der Waals surface area contributed by atoms with Crippen molar-refractivity contribution >= 4 is 11.5 Å². The quantitative estimate of drug-likeness (QED) is 0.428. The van der Waals surface area contributed by atoms with Gasteiger partial charge in [0.25, 0.3) is 0 Å². The first-order valence-corrected chi connectivity index (χ1v) is 10.6. The molecule has 33 heavy (non-hydrogen) atoms. The maximum atomic E-state index is 13.7. The van der Waals surface area contributed by atoms with Crippen molar-refractivity contribution in [2.24, 2.45) is 4.99 Å². The molecule has 4 aromatic carbocycles. The highest BCUT2D eigenvalue weighted by Crippen LogP contribution is 2.46. The van der Waals surface area contributed by atoms with E-state index in [0.717, 1.165) is 16.7 Å². The van der Waals surface area contributed by atoms with Gasteiger partial charge >= 0.3 is 0 Å². The average Bonchev–Trinajstić information content (AvgIpc) is 2.90. The largest absolute Gasteiger partial charge is 0.497 e. The summed E-state index contributed by atoms with van der Waals surface area (Å²) in [6.07, 6.45) is 0. The van der Waals surface area contributed by atoms with Gasteiger partial charge in [0.15, 0.2) is 0 Å². The van der Waals surface area contributed by atoms with Crippen molar-refractivity contribution in [3.05, 3.63) is 137 Å². The van der Waals surface area contributed by atoms with Gasteiger partial charge in [-0.05, 0) is 41.5 Å². The van der Waals surface area contributed by atoms with Gasteiger partial charge in [-0.25, -0.2) is 0 Å². The SMILES string of the molecule is COc1ccc2c(c1)C(c1ccccc1)(c1ccccc1)N=C(c1ccc(C#N)cc1)C2=O. The molecule has 5 rings (SSSR count). The van der Waals surface area contributed by atoms with Crippen LogP contribution in [0.25, 0.3) is 0 Å². The van der Waals surface area contributed by atoms with Gasteiger partial charge in [0.1, 0.15) is 17.0 Å². The number of carbonyl (C=O) groups excluding carboxylic acids is 1. The molecule has 0 saturated heterocycles. The first-order chi connectivity index (χ1) is 16.2. The van der Waals surface area contributed by atoms with Crippen LogP contribution in [-0.4, -0.2) is 18.6 Å². The first-order valence-electron chi connectivity index (χ1n) is 10.6. The summed E-state index contributed by atoms with van der Waals surface area (Å²) >= 11 is 0. The van der Waals surface area contributed by atoms with Gasteiger partial charge in [-0.3, -0.25) is 9.79 Å². The monoisotopic (exact) mass is 428 g/mol. The Labute approximate surface area is 192 Å². The predicted octanol–water partition coefficient (Wildman–Crippen LogP) is 5.54. The molecule has 1 aliphatic heterocycles. The highest BCUT2D eigenvalue weighted by Gasteiger charge is 2.44. The summed E-state index contributed by atoms with van der Waals surface area (Å²) in [5, 5.41) is 9.19. The summed E-state index contributed by atoms with van der Waals surface area (Å²) in [7, 11) is 1.62. The summed E-state index contributed by atoms with van der Waals surface area (Å²) < 4.78 is 5.53. The number of aliphatic imine (C=N–C) groups is 1. The van der Waals surface area contributed by atoms with Crippen molar-refractivity contribution in [1.29, 1.82) is 5.26 Å². The smallest absolute Gasteiger partial charge is 0.211 e. The third kappa shape index (κ3) is 3.31. The van der Waals surface area contributed by atoms with Gasteiger partial charge in [0, 0.05) is 16.7 Å². The normalized spacial score (nSPS) is 14.1. The molecule has 0 fully saturated rings. The van der Waals surface area contributed by atoms with Gasteiger partial charge in [0.2, 0.25) is 5.78 Å². The summed E-state index contributed by atoms with van der Waals surface area (Å²) in [5.41, 5.74) is 3.89. The number of hydrogen-bond donors (Lipinski definition) is 0. The minimum atomic E-state index is -0.941. The Bertz CT molecular complexity index is 1360. The van der Waals surface area contributed by atoms with Crippen LogP contribution in [0.15, 0.2) is 108 Å².